The van der Waals surface area contributed by atoms with Gasteiger partial charge in [-0.3, -0.25) is 14.8 Å². The number of hydrogen-bond donors (Lipinski definition) is 2. The largest absolute Gasteiger partial charge is 0.347 e. The van der Waals surface area contributed by atoms with E-state index < -0.39 is 23.2 Å². The van der Waals surface area contributed by atoms with E-state index in [1.54, 1.807) is 45.1 Å². The lowest BCUT2D eigenvalue weighted by atomic mass is 10.1. The number of hydrogen-bond acceptors (Lipinski definition) is 11. The second-order valence-electron chi connectivity index (χ2n) is 8.62. The van der Waals surface area contributed by atoms with Crippen molar-refractivity contribution in [1.82, 2.24) is 35.4 Å². The Kier molecular flexibility index (Phi) is 8.58. The standard InChI is InChI=1S/C27H22F2N10O2/c1-14(5-6-21(31-4)19-9-18(28)13-32-16(19)3)11-34-26(40)24-20(29)8-17(12-33-24)25-35-15(2)7-22(36-25)37-27-38-23(10-30)41-39-27/h5-9,12-13H,4,11H2,1-3H3,(H,34,40)(H,35,36,37,39)/b14-5+,21-6-. The number of aryl methyl sites for hydroxylation is 2. The van der Waals surface area contributed by atoms with E-state index >= 15 is 0 Å². The molecule has 0 aliphatic carbocycles. The van der Waals surface area contributed by atoms with E-state index in [9.17, 15) is 13.6 Å². The van der Waals surface area contributed by atoms with Crippen molar-refractivity contribution < 1.29 is 18.1 Å². The molecule has 4 rings (SSSR count). The van der Waals surface area contributed by atoms with Crippen LogP contribution in [-0.4, -0.2) is 49.2 Å². The minimum Gasteiger partial charge on any atom is -0.347 e. The van der Waals surface area contributed by atoms with Crippen LogP contribution in [0.25, 0.3) is 17.1 Å². The lowest BCUT2D eigenvalue weighted by molar-refractivity contribution is 0.0947. The zero-order valence-electron chi connectivity index (χ0n) is 22.1. The summed E-state index contributed by atoms with van der Waals surface area (Å²) >= 11 is 0. The van der Waals surface area contributed by atoms with E-state index in [2.05, 4.69) is 52.4 Å². The van der Waals surface area contributed by atoms with Crippen LogP contribution in [0.3, 0.4) is 0 Å². The Morgan fingerprint density at radius 1 is 1.15 bits per heavy atom. The number of allylic oxidation sites excluding steroid dienone is 2. The van der Waals surface area contributed by atoms with Crippen molar-refractivity contribution in [3.8, 4) is 17.5 Å². The molecule has 0 saturated carbocycles. The van der Waals surface area contributed by atoms with Crippen molar-refractivity contribution in [2.75, 3.05) is 11.9 Å². The monoisotopic (exact) mass is 556 g/mol. The van der Waals surface area contributed by atoms with E-state index in [0.717, 1.165) is 12.3 Å². The molecule has 4 aromatic heterocycles. The van der Waals surface area contributed by atoms with Gasteiger partial charge in [0, 0.05) is 41.3 Å². The van der Waals surface area contributed by atoms with Crippen molar-refractivity contribution in [2.24, 2.45) is 4.99 Å². The fourth-order valence-electron chi connectivity index (χ4n) is 3.50. The molecule has 41 heavy (non-hydrogen) atoms. The first-order valence-electron chi connectivity index (χ1n) is 11.9. The normalized spacial score (nSPS) is 11.6. The maximum Gasteiger partial charge on any atom is 0.330 e. The van der Waals surface area contributed by atoms with E-state index in [1.165, 1.54) is 12.3 Å². The number of carbonyl (C=O) groups is 1. The van der Waals surface area contributed by atoms with Crippen LogP contribution in [0.15, 0.2) is 57.8 Å². The highest BCUT2D eigenvalue weighted by Gasteiger charge is 2.17. The molecular formula is C27H22F2N10O2. The number of pyridine rings is 2. The highest BCUT2D eigenvalue weighted by atomic mass is 19.1. The van der Waals surface area contributed by atoms with E-state index in [4.69, 9.17) is 9.78 Å². The molecule has 0 aliphatic rings. The molecule has 0 aromatic carbocycles. The third-order valence-electron chi connectivity index (χ3n) is 5.48. The third-order valence-corrected chi connectivity index (χ3v) is 5.48. The maximum absolute atomic E-state index is 14.9. The van der Waals surface area contributed by atoms with Gasteiger partial charge in [-0.05, 0) is 50.9 Å². The van der Waals surface area contributed by atoms with E-state index in [1.807, 2.05) is 0 Å². The number of amides is 1. The zero-order chi connectivity index (χ0) is 29.5. The predicted octanol–water partition coefficient (Wildman–Crippen LogP) is 4.24. The molecule has 1 amide bonds. The SMILES string of the molecule is C=N/C(=C\C=C(/C)CNC(=O)c1ncc(-c2nc(C)cc(Nc3noc(C#N)n3)n2)cc1F)c1cc(F)cnc1C. The lowest BCUT2D eigenvalue weighted by Gasteiger charge is -2.09. The summed E-state index contributed by atoms with van der Waals surface area (Å²) in [5, 5.41) is 17.8. The quantitative estimate of drug-likeness (QED) is 0.225. The second-order valence-corrected chi connectivity index (χ2v) is 8.62. The Morgan fingerprint density at radius 3 is 2.66 bits per heavy atom. The summed E-state index contributed by atoms with van der Waals surface area (Å²) in [6.45, 7) is 8.78. The second kappa shape index (κ2) is 12.4. The van der Waals surface area contributed by atoms with Gasteiger partial charge in [0.25, 0.3) is 11.9 Å². The van der Waals surface area contributed by atoms with Crippen molar-refractivity contribution in [3.05, 3.63) is 88.5 Å². The summed E-state index contributed by atoms with van der Waals surface area (Å²) in [7, 11) is 0. The molecule has 0 aliphatic heterocycles. The molecule has 0 bridgehead atoms. The van der Waals surface area contributed by atoms with Crippen molar-refractivity contribution in [2.45, 2.75) is 20.8 Å². The van der Waals surface area contributed by atoms with Crippen LogP contribution >= 0.6 is 0 Å². The molecule has 14 heteroatoms. The summed E-state index contributed by atoms with van der Waals surface area (Å²) in [5.74, 6) is -1.90. The summed E-state index contributed by atoms with van der Waals surface area (Å²) in [5.41, 5.74) is 2.54. The number of carbonyl (C=O) groups excluding carboxylic acids is 1. The smallest absolute Gasteiger partial charge is 0.330 e. The Labute approximate surface area is 232 Å². The van der Waals surface area contributed by atoms with Gasteiger partial charge in [0.05, 0.1) is 11.9 Å². The molecular weight excluding hydrogens is 534 g/mol. The highest BCUT2D eigenvalue weighted by Crippen LogP contribution is 2.22. The molecule has 0 atom stereocenters. The van der Waals surface area contributed by atoms with Gasteiger partial charge in [0.15, 0.2) is 23.4 Å². The summed E-state index contributed by atoms with van der Waals surface area (Å²) in [6, 6.07) is 5.72. The first-order valence-corrected chi connectivity index (χ1v) is 11.9. The minimum atomic E-state index is -0.870. The topological polar surface area (TPSA) is 168 Å². The number of rotatable bonds is 9. The number of nitrogens with one attached hydrogen (secondary N) is 2. The van der Waals surface area contributed by atoms with Crippen LogP contribution in [0.2, 0.25) is 0 Å². The van der Waals surface area contributed by atoms with Crippen molar-refractivity contribution in [1.29, 1.82) is 5.26 Å². The molecule has 206 valence electrons. The maximum atomic E-state index is 14.9. The number of nitriles is 1. The van der Waals surface area contributed by atoms with Gasteiger partial charge in [-0.1, -0.05) is 11.6 Å². The molecule has 4 aromatic rings. The Hall–Kier alpha value is -5.71. The predicted molar refractivity (Wildman–Crippen MR) is 145 cm³/mol. The van der Waals surface area contributed by atoms with Gasteiger partial charge < -0.3 is 15.2 Å². The zero-order valence-corrected chi connectivity index (χ0v) is 22.1. The highest BCUT2D eigenvalue weighted by molar-refractivity contribution is 5.93. The van der Waals surface area contributed by atoms with Crippen LogP contribution in [-0.2, 0) is 0 Å². The molecule has 0 spiro atoms. The Bertz CT molecular complexity index is 1740. The molecule has 0 radical (unpaired) electrons. The van der Waals surface area contributed by atoms with Gasteiger partial charge in [-0.25, -0.2) is 23.7 Å². The van der Waals surface area contributed by atoms with Gasteiger partial charge >= 0.3 is 5.89 Å². The molecule has 0 saturated heterocycles. The number of anilines is 2. The first-order chi connectivity index (χ1) is 19.7. The summed E-state index contributed by atoms with van der Waals surface area (Å²) in [6.07, 6.45) is 5.69. The average Bonchev–Trinajstić information content (AvgIpc) is 3.40. The number of halogens is 2. The third kappa shape index (κ3) is 7.03. The Balaban J connectivity index is 1.45. The van der Waals surface area contributed by atoms with Gasteiger partial charge in [0.2, 0.25) is 0 Å². The average molecular weight is 557 g/mol. The van der Waals surface area contributed by atoms with E-state index in [0.29, 0.717) is 28.2 Å². The molecule has 12 nitrogen and oxygen atoms in total. The molecule has 0 fully saturated rings. The number of aromatic nitrogens is 6. The molecule has 0 unspecified atom stereocenters. The number of nitrogens with zero attached hydrogens (tertiary/aromatic N) is 8. The molecule has 2 N–H and O–H groups in total. The minimum absolute atomic E-state index is 0.0137. The van der Waals surface area contributed by atoms with Crippen LogP contribution in [0.4, 0.5) is 20.5 Å². The fourth-order valence-corrected chi connectivity index (χ4v) is 3.50. The first kappa shape index (κ1) is 28.3. The van der Waals surface area contributed by atoms with Crippen molar-refractivity contribution >= 4 is 30.1 Å². The van der Waals surface area contributed by atoms with Gasteiger partial charge in [-0.2, -0.15) is 10.2 Å². The van der Waals surface area contributed by atoms with Crippen LogP contribution in [0.1, 0.15) is 40.3 Å². The van der Waals surface area contributed by atoms with Gasteiger partial charge in [-0.15, -0.1) is 0 Å². The number of aliphatic imine (C=N–C) groups is 1. The summed E-state index contributed by atoms with van der Waals surface area (Å²) < 4.78 is 33.3. The Morgan fingerprint density at radius 2 is 1.95 bits per heavy atom. The molecule has 4 heterocycles. The van der Waals surface area contributed by atoms with Crippen LogP contribution in [0, 0.1) is 36.8 Å². The fraction of sp³-hybridized carbons (Fsp3) is 0.148. The van der Waals surface area contributed by atoms with Crippen LogP contribution < -0.4 is 10.6 Å². The summed E-state index contributed by atoms with van der Waals surface area (Å²) in [4.78, 5) is 36.9. The van der Waals surface area contributed by atoms with E-state index in [-0.39, 0.29) is 35.6 Å². The van der Waals surface area contributed by atoms with Gasteiger partial charge in [0.1, 0.15) is 11.6 Å². The van der Waals surface area contributed by atoms with Crippen molar-refractivity contribution in [3.63, 3.8) is 0 Å². The lowest BCUT2D eigenvalue weighted by Crippen LogP contribution is -2.27. The van der Waals surface area contributed by atoms with Crippen LogP contribution in [0.5, 0.6) is 0 Å².